The first kappa shape index (κ1) is 13.5. The molecule has 1 aromatic rings. The summed E-state index contributed by atoms with van der Waals surface area (Å²) in [6, 6.07) is 6.66. The molecule has 0 spiro atoms. The SMILES string of the molecule is CC(C)CC(=O)N1CCc2ccc(N3CCCC3)cc21. The smallest absolute Gasteiger partial charge is 0.227 e. The van der Waals surface area contributed by atoms with E-state index in [1.165, 1.54) is 24.1 Å². The molecule has 0 saturated carbocycles. The first-order valence-electron chi connectivity index (χ1n) is 7.83. The maximum Gasteiger partial charge on any atom is 0.227 e. The zero-order valence-corrected chi connectivity index (χ0v) is 12.6. The second-order valence-electron chi connectivity index (χ2n) is 6.40. The molecule has 2 aliphatic rings. The van der Waals surface area contributed by atoms with Crippen molar-refractivity contribution in [2.24, 2.45) is 5.92 Å². The zero-order valence-electron chi connectivity index (χ0n) is 12.6. The van der Waals surface area contributed by atoms with Crippen LogP contribution in [-0.4, -0.2) is 25.5 Å². The number of hydrogen-bond donors (Lipinski definition) is 0. The standard InChI is InChI=1S/C17H24N2O/c1-13(2)11-17(20)19-10-7-14-5-6-15(12-16(14)19)18-8-3-4-9-18/h5-6,12-13H,3-4,7-11H2,1-2H3. The van der Waals surface area contributed by atoms with E-state index in [1.807, 2.05) is 4.90 Å². The van der Waals surface area contributed by atoms with Gasteiger partial charge in [0.25, 0.3) is 0 Å². The van der Waals surface area contributed by atoms with E-state index in [2.05, 4.69) is 36.9 Å². The molecule has 0 aliphatic carbocycles. The summed E-state index contributed by atoms with van der Waals surface area (Å²) in [5, 5.41) is 0. The minimum atomic E-state index is 0.275. The Kier molecular flexibility index (Phi) is 3.68. The van der Waals surface area contributed by atoms with Crippen LogP contribution in [0, 0.1) is 5.92 Å². The molecule has 1 fully saturated rings. The van der Waals surface area contributed by atoms with Gasteiger partial charge in [-0.05, 0) is 42.9 Å². The number of anilines is 2. The van der Waals surface area contributed by atoms with E-state index in [0.29, 0.717) is 12.3 Å². The number of hydrogen-bond acceptors (Lipinski definition) is 2. The highest BCUT2D eigenvalue weighted by molar-refractivity contribution is 5.96. The number of carbonyl (C=O) groups excluding carboxylic acids is 1. The fourth-order valence-electron chi connectivity index (χ4n) is 3.26. The maximum absolute atomic E-state index is 12.4. The normalized spacial score (nSPS) is 17.9. The highest BCUT2D eigenvalue weighted by Gasteiger charge is 2.26. The fourth-order valence-corrected chi connectivity index (χ4v) is 3.26. The van der Waals surface area contributed by atoms with Crippen molar-refractivity contribution >= 4 is 17.3 Å². The number of amides is 1. The minimum Gasteiger partial charge on any atom is -0.371 e. The van der Waals surface area contributed by atoms with Crippen LogP contribution in [0.2, 0.25) is 0 Å². The number of benzene rings is 1. The van der Waals surface area contributed by atoms with E-state index in [4.69, 9.17) is 0 Å². The van der Waals surface area contributed by atoms with Gasteiger partial charge in [-0.25, -0.2) is 0 Å². The van der Waals surface area contributed by atoms with Gasteiger partial charge in [-0.1, -0.05) is 19.9 Å². The van der Waals surface area contributed by atoms with Gasteiger partial charge < -0.3 is 9.80 Å². The Morgan fingerprint density at radius 1 is 1.20 bits per heavy atom. The summed E-state index contributed by atoms with van der Waals surface area (Å²) in [6.07, 6.45) is 4.22. The molecule has 0 N–H and O–H groups in total. The van der Waals surface area contributed by atoms with Gasteiger partial charge in [0, 0.05) is 37.4 Å². The Morgan fingerprint density at radius 2 is 1.95 bits per heavy atom. The van der Waals surface area contributed by atoms with Gasteiger partial charge in [0.05, 0.1) is 0 Å². The summed E-state index contributed by atoms with van der Waals surface area (Å²) in [5.41, 5.74) is 3.76. The van der Waals surface area contributed by atoms with Crippen molar-refractivity contribution in [3.8, 4) is 0 Å². The Hall–Kier alpha value is -1.51. The van der Waals surface area contributed by atoms with Crippen LogP contribution in [0.3, 0.4) is 0 Å². The predicted molar refractivity (Wildman–Crippen MR) is 83.4 cm³/mol. The highest BCUT2D eigenvalue weighted by atomic mass is 16.2. The van der Waals surface area contributed by atoms with Crippen LogP contribution in [0.15, 0.2) is 18.2 Å². The Balaban J connectivity index is 1.83. The molecule has 3 heteroatoms. The molecule has 0 radical (unpaired) electrons. The number of carbonyl (C=O) groups is 1. The monoisotopic (exact) mass is 272 g/mol. The third-order valence-electron chi connectivity index (χ3n) is 4.32. The van der Waals surface area contributed by atoms with Gasteiger partial charge in [-0.2, -0.15) is 0 Å². The van der Waals surface area contributed by atoms with E-state index in [0.717, 1.165) is 31.7 Å². The maximum atomic E-state index is 12.4. The molecule has 2 heterocycles. The van der Waals surface area contributed by atoms with Crippen molar-refractivity contribution in [3.63, 3.8) is 0 Å². The molecular formula is C17H24N2O. The molecular weight excluding hydrogens is 248 g/mol. The second kappa shape index (κ2) is 5.47. The van der Waals surface area contributed by atoms with Crippen molar-refractivity contribution in [2.75, 3.05) is 29.4 Å². The summed E-state index contributed by atoms with van der Waals surface area (Å²) in [7, 11) is 0. The van der Waals surface area contributed by atoms with Crippen LogP contribution in [0.25, 0.3) is 0 Å². The highest BCUT2D eigenvalue weighted by Crippen LogP contribution is 2.34. The minimum absolute atomic E-state index is 0.275. The molecule has 1 aromatic carbocycles. The van der Waals surface area contributed by atoms with Gasteiger partial charge in [-0.15, -0.1) is 0 Å². The largest absolute Gasteiger partial charge is 0.371 e. The van der Waals surface area contributed by atoms with E-state index in [1.54, 1.807) is 0 Å². The van der Waals surface area contributed by atoms with Gasteiger partial charge in [0.2, 0.25) is 5.91 Å². The molecule has 0 bridgehead atoms. The lowest BCUT2D eigenvalue weighted by Crippen LogP contribution is -2.30. The Bertz CT molecular complexity index is 504. The number of fused-ring (bicyclic) bond motifs is 1. The molecule has 1 amide bonds. The van der Waals surface area contributed by atoms with E-state index < -0.39 is 0 Å². The fraction of sp³-hybridized carbons (Fsp3) is 0.588. The lowest BCUT2D eigenvalue weighted by molar-refractivity contribution is -0.119. The second-order valence-corrected chi connectivity index (χ2v) is 6.40. The summed E-state index contributed by atoms with van der Waals surface area (Å²) in [4.78, 5) is 16.8. The van der Waals surface area contributed by atoms with Gasteiger partial charge in [-0.3, -0.25) is 4.79 Å². The molecule has 3 nitrogen and oxygen atoms in total. The van der Waals surface area contributed by atoms with E-state index in [9.17, 15) is 4.79 Å². The third-order valence-corrected chi connectivity index (χ3v) is 4.32. The van der Waals surface area contributed by atoms with E-state index >= 15 is 0 Å². The van der Waals surface area contributed by atoms with Crippen molar-refractivity contribution < 1.29 is 4.79 Å². The van der Waals surface area contributed by atoms with Crippen LogP contribution in [0.4, 0.5) is 11.4 Å². The quantitative estimate of drug-likeness (QED) is 0.843. The molecule has 0 unspecified atom stereocenters. The van der Waals surface area contributed by atoms with Gasteiger partial charge >= 0.3 is 0 Å². The topological polar surface area (TPSA) is 23.6 Å². The van der Waals surface area contributed by atoms with Crippen LogP contribution in [0.1, 0.15) is 38.7 Å². The van der Waals surface area contributed by atoms with Crippen molar-refractivity contribution in [2.45, 2.75) is 39.5 Å². The van der Waals surface area contributed by atoms with Crippen LogP contribution >= 0.6 is 0 Å². The average molecular weight is 272 g/mol. The summed E-state index contributed by atoms with van der Waals surface area (Å²) in [6.45, 7) is 7.37. The van der Waals surface area contributed by atoms with Gasteiger partial charge in [0.15, 0.2) is 0 Å². The van der Waals surface area contributed by atoms with Gasteiger partial charge in [0.1, 0.15) is 0 Å². The third kappa shape index (κ3) is 2.54. The Morgan fingerprint density at radius 3 is 2.65 bits per heavy atom. The summed E-state index contributed by atoms with van der Waals surface area (Å²) in [5.74, 6) is 0.700. The van der Waals surface area contributed by atoms with Crippen molar-refractivity contribution in [3.05, 3.63) is 23.8 Å². The average Bonchev–Trinajstić information content (AvgIpc) is 3.06. The molecule has 0 aromatic heterocycles. The Labute approximate surface area is 121 Å². The summed E-state index contributed by atoms with van der Waals surface area (Å²) >= 11 is 0. The molecule has 3 rings (SSSR count). The lowest BCUT2D eigenvalue weighted by atomic mass is 10.1. The van der Waals surface area contributed by atoms with Crippen LogP contribution < -0.4 is 9.80 Å². The molecule has 1 saturated heterocycles. The van der Waals surface area contributed by atoms with Crippen LogP contribution in [-0.2, 0) is 11.2 Å². The lowest BCUT2D eigenvalue weighted by Gasteiger charge is -2.22. The van der Waals surface area contributed by atoms with E-state index in [-0.39, 0.29) is 5.91 Å². The zero-order chi connectivity index (χ0) is 14.1. The van der Waals surface area contributed by atoms with Crippen LogP contribution in [0.5, 0.6) is 0 Å². The summed E-state index contributed by atoms with van der Waals surface area (Å²) < 4.78 is 0. The predicted octanol–water partition coefficient (Wildman–Crippen LogP) is 3.22. The number of rotatable bonds is 3. The molecule has 108 valence electrons. The van der Waals surface area contributed by atoms with Crippen molar-refractivity contribution in [1.29, 1.82) is 0 Å². The number of nitrogens with zero attached hydrogens (tertiary/aromatic N) is 2. The van der Waals surface area contributed by atoms with Crippen molar-refractivity contribution in [1.82, 2.24) is 0 Å². The molecule has 2 aliphatic heterocycles. The first-order chi connectivity index (χ1) is 9.65. The molecule has 0 atom stereocenters. The molecule has 20 heavy (non-hydrogen) atoms. The first-order valence-corrected chi connectivity index (χ1v) is 7.83.